The van der Waals surface area contributed by atoms with E-state index < -0.39 is 0 Å². The molecule has 1 rings (SSSR count). The third-order valence-corrected chi connectivity index (χ3v) is 4.68. The number of allylic oxidation sites excluding steroid dienone is 7. The van der Waals surface area contributed by atoms with E-state index in [1.54, 1.807) is 6.08 Å². The SMILES string of the molecule is CC1=C(/C=C/C(C)=C/C=C(CO)/C(C)=C\CO)C(C)(C)CCC1. The molecule has 0 aromatic heterocycles. The van der Waals surface area contributed by atoms with Gasteiger partial charge in [0.1, 0.15) is 0 Å². The van der Waals surface area contributed by atoms with Crippen LogP contribution in [0.1, 0.15) is 53.9 Å². The second kappa shape index (κ2) is 9.05. The van der Waals surface area contributed by atoms with Crippen LogP contribution >= 0.6 is 0 Å². The molecule has 0 amide bonds. The van der Waals surface area contributed by atoms with Crippen LogP contribution in [0.2, 0.25) is 0 Å². The zero-order chi connectivity index (χ0) is 17.5. The molecule has 1 aliphatic rings. The predicted octanol–water partition coefficient (Wildman–Crippen LogP) is 4.87. The first-order chi connectivity index (χ1) is 10.8. The third kappa shape index (κ3) is 5.96. The minimum absolute atomic E-state index is 0.00567. The summed E-state index contributed by atoms with van der Waals surface area (Å²) in [5.74, 6) is 0. The van der Waals surface area contributed by atoms with Crippen LogP contribution in [0.5, 0.6) is 0 Å². The molecule has 0 spiro atoms. The minimum Gasteiger partial charge on any atom is -0.392 e. The molecule has 0 fully saturated rings. The molecule has 0 aromatic carbocycles. The number of hydrogen-bond acceptors (Lipinski definition) is 2. The first-order valence-corrected chi connectivity index (χ1v) is 8.46. The first-order valence-electron chi connectivity index (χ1n) is 8.46. The highest BCUT2D eigenvalue weighted by Crippen LogP contribution is 2.40. The molecule has 0 aliphatic heterocycles. The minimum atomic E-state index is -0.0207. The van der Waals surface area contributed by atoms with E-state index >= 15 is 0 Å². The van der Waals surface area contributed by atoms with Crippen molar-refractivity contribution < 1.29 is 10.2 Å². The summed E-state index contributed by atoms with van der Waals surface area (Å²) in [6.07, 6.45) is 13.8. The van der Waals surface area contributed by atoms with Crippen LogP contribution in [-0.4, -0.2) is 23.4 Å². The van der Waals surface area contributed by atoms with Crippen LogP contribution in [-0.2, 0) is 0 Å². The summed E-state index contributed by atoms with van der Waals surface area (Å²) in [7, 11) is 0. The zero-order valence-corrected chi connectivity index (χ0v) is 15.3. The van der Waals surface area contributed by atoms with Gasteiger partial charge in [0.2, 0.25) is 0 Å². The molecule has 2 nitrogen and oxygen atoms in total. The van der Waals surface area contributed by atoms with Crippen molar-refractivity contribution >= 4 is 0 Å². The number of aliphatic hydroxyl groups excluding tert-OH is 2. The lowest BCUT2D eigenvalue weighted by atomic mass is 9.72. The van der Waals surface area contributed by atoms with E-state index in [0.717, 1.165) is 16.7 Å². The Morgan fingerprint density at radius 2 is 1.87 bits per heavy atom. The number of rotatable bonds is 6. The van der Waals surface area contributed by atoms with Crippen molar-refractivity contribution in [1.82, 2.24) is 0 Å². The smallest absolute Gasteiger partial charge is 0.0684 e. The first kappa shape index (κ1) is 19.7. The van der Waals surface area contributed by atoms with Crippen molar-refractivity contribution in [3.8, 4) is 0 Å². The highest BCUT2D eigenvalue weighted by Gasteiger charge is 2.26. The average molecular weight is 316 g/mol. The van der Waals surface area contributed by atoms with Gasteiger partial charge in [-0.15, -0.1) is 0 Å². The van der Waals surface area contributed by atoms with Gasteiger partial charge in [-0.1, -0.05) is 55.4 Å². The van der Waals surface area contributed by atoms with Gasteiger partial charge in [0.05, 0.1) is 13.2 Å². The maximum Gasteiger partial charge on any atom is 0.0684 e. The summed E-state index contributed by atoms with van der Waals surface area (Å²) < 4.78 is 0. The highest BCUT2D eigenvalue weighted by atomic mass is 16.3. The lowest BCUT2D eigenvalue weighted by Crippen LogP contribution is -2.19. The number of hydrogen-bond donors (Lipinski definition) is 2. The molecule has 0 unspecified atom stereocenters. The Kier molecular flexibility index (Phi) is 7.74. The molecular formula is C21H32O2. The average Bonchev–Trinajstić information content (AvgIpc) is 2.47. The largest absolute Gasteiger partial charge is 0.392 e. The topological polar surface area (TPSA) is 40.5 Å². The molecule has 0 heterocycles. The van der Waals surface area contributed by atoms with E-state index in [9.17, 15) is 5.11 Å². The Morgan fingerprint density at radius 1 is 1.17 bits per heavy atom. The van der Waals surface area contributed by atoms with Crippen LogP contribution in [0, 0.1) is 5.41 Å². The summed E-state index contributed by atoms with van der Waals surface area (Å²) >= 11 is 0. The van der Waals surface area contributed by atoms with E-state index in [0.29, 0.717) is 0 Å². The lowest BCUT2D eigenvalue weighted by Gasteiger charge is -2.32. The van der Waals surface area contributed by atoms with Crippen molar-refractivity contribution in [3.05, 3.63) is 58.2 Å². The van der Waals surface area contributed by atoms with Crippen LogP contribution in [0.25, 0.3) is 0 Å². The van der Waals surface area contributed by atoms with E-state index in [1.807, 2.05) is 19.1 Å². The quantitative estimate of drug-likeness (QED) is 0.686. The number of aliphatic hydroxyl groups is 2. The highest BCUT2D eigenvalue weighted by molar-refractivity contribution is 5.38. The van der Waals surface area contributed by atoms with E-state index in [-0.39, 0.29) is 18.6 Å². The second-order valence-corrected chi connectivity index (χ2v) is 7.10. The van der Waals surface area contributed by atoms with Gasteiger partial charge in [-0.05, 0) is 62.2 Å². The molecule has 2 heteroatoms. The Morgan fingerprint density at radius 3 is 2.43 bits per heavy atom. The van der Waals surface area contributed by atoms with E-state index in [1.165, 1.54) is 30.4 Å². The van der Waals surface area contributed by atoms with Gasteiger partial charge in [-0.25, -0.2) is 0 Å². The normalized spacial score (nSPS) is 20.6. The van der Waals surface area contributed by atoms with Crippen molar-refractivity contribution in [3.63, 3.8) is 0 Å². The summed E-state index contributed by atoms with van der Waals surface area (Å²) in [6, 6.07) is 0. The van der Waals surface area contributed by atoms with Crippen LogP contribution in [0.3, 0.4) is 0 Å². The summed E-state index contributed by atoms with van der Waals surface area (Å²) in [4.78, 5) is 0. The van der Waals surface area contributed by atoms with Crippen LogP contribution < -0.4 is 0 Å². The molecular weight excluding hydrogens is 284 g/mol. The van der Waals surface area contributed by atoms with Crippen molar-refractivity contribution in [2.45, 2.75) is 53.9 Å². The molecule has 128 valence electrons. The fourth-order valence-corrected chi connectivity index (χ4v) is 3.09. The summed E-state index contributed by atoms with van der Waals surface area (Å²) in [5.41, 5.74) is 6.11. The molecule has 0 saturated carbocycles. The fourth-order valence-electron chi connectivity index (χ4n) is 3.09. The zero-order valence-electron chi connectivity index (χ0n) is 15.3. The molecule has 23 heavy (non-hydrogen) atoms. The van der Waals surface area contributed by atoms with Crippen molar-refractivity contribution in [2.75, 3.05) is 13.2 Å². The Hall–Kier alpha value is -1.38. The van der Waals surface area contributed by atoms with E-state index in [4.69, 9.17) is 5.11 Å². The van der Waals surface area contributed by atoms with Gasteiger partial charge in [-0.2, -0.15) is 0 Å². The maximum atomic E-state index is 9.43. The molecule has 0 bridgehead atoms. The maximum absolute atomic E-state index is 9.43. The predicted molar refractivity (Wildman–Crippen MR) is 99.2 cm³/mol. The fraction of sp³-hybridized carbons (Fsp3) is 0.524. The molecule has 1 aliphatic carbocycles. The van der Waals surface area contributed by atoms with Gasteiger partial charge in [0, 0.05) is 0 Å². The van der Waals surface area contributed by atoms with Crippen molar-refractivity contribution in [2.24, 2.45) is 5.41 Å². The Labute approximate surface area is 141 Å². The van der Waals surface area contributed by atoms with Crippen LogP contribution in [0.4, 0.5) is 0 Å². The van der Waals surface area contributed by atoms with Gasteiger partial charge in [0.25, 0.3) is 0 Å². The second-order valence-electron chi connectivity index (χ2n) is 7.10. The van der Waals surface area contributed by atoms with Gasteiger partial charge in [-0.3, -0.25) is 0 Å². The monoisotopic (exact) mass is 316 g/mol. The molecule has 0 saturated heterocycles. The standard InChI is InChI=1S/C21H32O2/c1-16(8-10-19(15-23)17(2)12-14-22)9-11-20-18(3)7-6-13-21(20,4)5/h8-12,22-23H,6-7,13-15H2,1-5H3/b11-9+,16-8+,17-12-,19-10+. The lowest BCUT2D eigenvalue weighted by molar-refractivity contribution is 0.330. The Bertz CT molecular complexity index is 554. The summed E-state index contributed by atoms with van der Waals surface area (Å²) in [6.45, 7) is 10.8. The summed E-state index contributed by atoms with van der Waals surface area (Å²) in [5, 5.41) is 18.4. The van der Waals surface area contributed by atoms with Crippen molar-refractivity contribution in [1.29, 1.82) is 0 Å². The third-order valence-electron chi connectivity index (χ3n) is 4.68. The van der Waals surface area contributed by atoms with E-state index in [2.05, 4.69) is 39.8 Å². The van der Waals surface area contributed by atoms with Gasteiger partial charge >= 0.3 is 0 Å². The molecule has 0 atom stereocenters. The van der Waals surface area contributed by atoms with Crippen LogP contribution in [0.15, 0.2) is 58.2 Å². The Balaban J connectivity index is 2.93. The molecule has 0 aromatic rings. The molecule has 2 N–H and O–H groups in total. The molecule has 0 radical (unpaired) electrons. The van der Waals surface area contributed by atoms with Gasteiger partial charge in [0.15, 0.2) is 0 Å². The van der Waals surface area contributed by atoms with Gasteiger partial charge < -0.3 is 10.2 Å².